The number of benzene rings is 4. The molecule has 1 amide bonds. The highest BCUT2D eigenvalue weighted by atomic mass is 19.1. The van der Waals surface area contributed by atoms with Gasteiger partial charge in [-0.25, -0.2) is 9.40 Å². The topological polar surface area (TPSA) is 49.6 Å². The molecule has 0 atom stereocenters. The van der Waals surface area contributed by atoms with Crippen molar-refractivity contribution >= 4 is 40.1 Å². The van der Waals surface area contributed by atoms with E-state index >= 15 is 0 Å². The lowest BCUT2D eigenvalue weighted by Crippen LogP contribution is -2.18. The second-order valence-corrected chi connectivity index (χ2v) is 8.01. The van der Waals surface area contributed by atoms with E-state index in [4.69, 9.17) is 5.10 Å². The molecule has 0 saturated heterocycles. The van der Waals surface area contributed by atoms with Crippen molar-refractivity contribution in [3.05, 3.63) is 127 Å². The van der Waals surface area contributed by atoms with Crippen molar-refractivity contribution in [2.24, 2.45) is 5.10 Å². The first-order chi connectivity index (χ1) is 17.2. The van der Waals surface area contributed by atoms with Crippen LogP contribution in [0.25, 0.3) is 10.9 Å². The number of para-hydroxylation sites is 3. The highest BCUT2D eigenvalue weighted by Gasteiger charge is 2.12. The molecule has 35 heavy (non-hydrogen) atoms. The Balaban J connectivity index is 1.44. The summed E-state index contributed by atoms with van der Waals surface area (Å²) in [6, 6.07) is 33.5. The van der Waals surface area contributed by atoms with Gasteiger partial charge in [0.2, 0.25) is 5.91 Å². The molecule has 1 heterocycles. The van der Waals surface area contributed by atoms with Crippen molar-refractivity contribution in [3.8, 4) is 0 Å². The first-order valence-corrected chi connectivity index (χ1v) is 11.2. The minimum atomic E-state index is -0.344. The van der Waals surface area contributed by atoms with Crippen molar-refractivity contribution in [3.63, 3.8) is 0 Å². The van der Waals surface area contributed by atoms with Crippen LogP contribution in [0.3, 0.4) is 0 Å². The summed E-state index contributed by atoms with van der Waals surface area (Å²) in [5, 5.41) is 10.5. The lowest BCUT2D eigenvalue weighted by Gasteiger charge is -2.19. The second-order valence-electron chi connectivity index (χ2n) is 8.01. The van der Waals surface area contributed by atoms with Gasteiger partial charge in [-0.3, -0.25) is 4.79 Å². The molecule has 5 nitrogen and oxygen atoms in total. The number of hydrogen-bond donors (Lipinski definition) is 1. The standard InChI is InChI=1S/C29H23FN4O/c30-23-15-17-24(18-16-23)32-29(35)21-33-20-22(27-13-7-8-14-28(27)33)19-31-34(25-9-3-1-4-10-25)26-11-5-2-6-12-26/h1-20H,21H2,(H,32,35). The fourth-order valence-corrected chi connectivity index (χ4v) is 3.94. The number of aromatic nitrogens is 1. The van der Waals surface area contributed by atoms with Crippen molar-refractivity contribution in [1.29, 1.82) is 0 Å². The van der Waals surface area contributed by atoms with Gasteiger partial charge in [-0.2, -0.15) is 5.10 Å². The van der Waals surface area contributed by atoms with E-state index in [9.17, 15) is 9.18 Å². The van der Waals surface area contributed by atoms with Crippen molar-refractivity contribution in [2.45, 2.75) is 6.54 Å². The normalized spacial score (nSPS) is 11.1. The average Bonchev–Trinajstić information content (AvgIpc) is 3.24. The third kappa shape index (κ3) is 5.12. The van der Waals surface area contributed by atoms with Gasteiger partial charge in [-0.15, -0.1) is 0 Å². The van der Waals surface area contributed by atoms with Gasteiger partial charge in [0.05, 0.1) is 17.6 Å². The Morgan fingerprint density at radius 2 is 1.43 bits per heavy atom. The van der Waals surface area contributed by atoms with E-state index < -0.39 is 0 Å². The molecule has 172 valence electrons. The number of hydrazone groups is 1. The third-order valence-electron chi connectivity index (χ3n) is 5.58. The van der Waals surface area contributed by atoms with Crippen LogP contribution in [0.4, 0.5) is 21.5 Å². The number of halogens is 1. The van der Waals surface area contributed by atoms with E-state index in [0.29, 0.717) is 5.69 Å². The zero-order chi connectivity index (χ0) is 24.0. The summed E-state index contributed by atoms with van der Waals surface area (Å²) in [7, 11) is 0. The fraction of sp³-hybridized carbons (Fsp3) is 0.0345. The van der Waals surface area contributed by atoms with Crippen LogP contribution in [-0.2, 0) is 11.3 Å². The van der Waals surface area contributed by atoms with Crippen LogP contribution in [-0.4, -0.2) is 16.7 Å². The molecule has 0 aliphatic rings. The summed E-state index contributed by atoms with van der Waals surface area (Å²) in [5.41, 5.74) is 4.26. The van der Waals surface area contributed by atoms with Gasteiger partial charge in [-0.1, -0.05) is 54.6 Å². The van der Waals surface area contributed by atoms with Crippen LogP contribution in [0.5, 0.6) is 0 Å². The molecule has 0 aliphatic carbocycles. The summed E-state index contributed by atoms with van der Waals surface area (Å²) in [6.45, 7) is 0.118. The minimum Gasteiger partial charge on any atom is -0.337 e. The molecule has 0 fully saturated rings. The minimum absolute atomic E-state index is 0.118. The van der Waals surface area contributed by atoms with Crippen LogP contribution in [0.15, 0.2) is 120 Å². The first kappa shape index (κ1) is 22.1. The summed E-state index contributed by atoms with van der Waals surface area (Å²) in [5.74, 6) is -0.542. The number of anilines is 3. The monoisotopic (exact) mass is 462 g/mol. The maximum absolute atomic E-state index is 13.2. The van der Waals surface area contributed by atoms with Crippen LogP contribution in [0.2, 0.25) is 0 Å². The molecule has 0 saturated carbocycles. The molecule has 5 aromatic rings. The zero-order valence-electron chi connectivity index (χ0n) is 18.9. The lowest BCUT2D eigenvalue weighted by atomic mass is 10.2. The average molecular weight is 463 g/mol. The van der Waals surface area contributed by atoms with Gasteiger partial charge in [0.1, 0.15) is 12.4 Å². The first-order valence-electron chi connectivity index (χ1n) is 11.2. The molecule has 6 heteroatoms. The molecule has 1 aromatic heterocycles. The number of carbonyl (C=O) groups is 1. The van der Waals surface area contributed by atoms with Crippen LogP contribution in [0.1, 0.15) is 5.56 Å². The number of nitrogens with zero attached hydrogens (tertiary/aromatic N) is 3. The number of rotatable bonds is 7. The quantitative estimate of drug-likeness (QED) is 0.219. The Morgan fingerprint density at radius 1 is 0.829 bits per heavy atom. The van der Waals surface area contributed by atoms with Gasteiger partial charge in [0.15, 0.2) is 0 Å². The zero-order valence-corrected chi connectivity index (χ0v) is 18.9. The maximum Gasteiger partial charge on any atom is 0.244 e. The molecule has 0 radical (unpaired) electrons. The number of carbonyl (C=O) groups excluding carboxylic acids is 1. The molecule has 4 aromatic carbocycles. The summed E-state index contributed by atoms with van der Waals surface area (Å²) >= 11 is 0. The smallest absolute Gasteiger partial charge is 0.244 e. The van der Waals surface area contributed by atoms with Gasteiger partial charge >= 0.3 is 0 Å². The molecular weight excluding hydrogens is 439 g/mol. The fourth-order valence-electron chi connectivity index (χ4n) is 3.94. The Morgan fingerprint density at radius 3 is 2.09 bits per heavy atom. The molecule has 5 rings (SSSR count). The highest BCUT2D eigenvalue weighted by Crippen LogP contribution is 2.26. The summed E-state index contributed by atoms with van der Waals surface area (Å²) < 4.78 is 15.1. The van der Waals surface area contributed by atoms with E-state index in [1.54, 1.807) is 12.1 Å². The van der Waals surface area contributed by atoms with Gasteiger partial charge in [-0.05, 0) is 54.6 Å². The number of hydrogen-bond acceptors (Lipinski definition) is 3. The Labute approximate surface area is 202 Å². The molecule has 0 unspecified atom stereocenters. The van der Waals surface area contributed by atoms with E-state index in [-0.39, 0.29) is 18.3 Å². The number of amides is 1. The van der Waals surface area contributed by atoms with E-state index in [2.05, 4.69) is 5.32 Å². The molecule has 1 N–H and O–H groups in total. The molecular formula is C29H23FN4O. The number of fused-ring (bicyclic) bond motifs is 1. The Kier molecular flexibility index (Phi) is 6.35. The molecule has 0 bridgehead atoms. The van der Waals surface area contributed by atoms with Crippen LogP contribution in [0, 0.1) is 5.82 Å². The van der Waals surface area contributed by atoms with Crippen LogP contribution >= 0.6 is 0 Å². The predicted octanol–water partition coefficient (Wildman–Crippen LogP) is 6.59. The summed E-state index contributed by atoms with van der Waals surface area (Å²) in [6.07, 6.45) is 3.74. The second kappa shape index (κ2) is 10.1. The van der Waals surface area contributed by atoms with Crippen molar-refractivity contribution in [2.75, 3.05) is 10.3 Å². The predicted molar refractivity (Wildman–Crippen MR) is 140 cm³/mol. The van der Waals surface area contributed by atoms with Crippen molar-refractivity contribution < 1.29 is 9.18 Å². The molecule has 0 aliphatic heterocycles. The maximum atomic E-state index is 13.2. The number of nitrogens with one attached hydrogen (secondary N) is 1. The van der Waals surface area contributed by atoms with E-state index in [0.717, 1.165) is 27.8 Å². The SMILES string of the molecule is O=C(Cn1cc(C=NN(c2ccccc2)c2ccccc2)c2ccccc21)Nc1ccc(F)cc1. The van der Waals surface area contributed by atoms with Crippen LogP contribution < -0.4 is 10.3 Å². The van der Waals surface area contributed by atoms with Gasteiger partial charge in [0.25, 0.3) is 0 Å². The Bertz CT molecular complexity index is 1420. The lowest BCUT2D eigenvalue weighted by molar-refractivity contribution is -0.116. The van der Waals surface area contributed by atoms with E-state index in [1.165, 1.54) is 12.1 Å². The van der Waals surface area contributed by atoms with Crippen molar-refractivity contribution in [1.82, 2.24) is 4.57 Å². The van der Waals surface area contributed by atoms with Gasteiger partial charge < -0.3 is 9.88 Å². The Hall–Kier alpha value is -4.71. The highest BCUT2D eigenvalue weighted by molar-refractivity contribution is 6.01. The largest absolute Gasteiger partial charge is 0.337 e. The summed E-state index contributed by atoms with van der Waals surface area (Å²) in [4.78, 5) is 12.7. The third-order valence-corrected chi connectivity index (χ3v) is 5.58. The van der Waals surface area contributed by atoms with Gasteiger partial charge in [0, 0.05) is 28.4 Å². The molecule has 0 spiro atoms. The van der Waals surface area contributed by atoms with E-state index in [1.807, 2.05) is 107 Å².